The number of rotatable bonds is 9. The van der Waals surface area contributed by atoms with E-state index >= 15 is 0 Å². The summed E-state index contributed by atoms with van der Waals surface area (Å²) in [6.07, 6.45) is 3.38. The Balaban J connectivity index is 1.84. The standard InChI is InChI=1S/C20H22F2N2O2S2/c1-5-17(12(2)3)26-13(4)11-27-19-10-23-20(28-19)24-18(25)8-14-6-7-15(21)9-16(14)22/h5-7,9-10,12H,4,8,11H2,1-3H3,(H,23,24,25)/b17-5-. The van der Waals surface area contributed by atoms with Crippen molar-refractivity contribution in [3.8, 4) is 0 Å². The van der Waals surface area contributed by atoms with Crippen molar-refractivity contribution in [3.63, 3.8) is 0 Å². The molecule has 1 amide bonds. The molecule has 4 nitrogen and oxygen atoms in total. The van der Waals surface area contributed by atoms with Crippen LogP contribution in [0.2, 0.25) is 0 Å². The molecule has 1 aromatic heterocycles. The topological polar surface area (TPSA) is 51.2 Å². The number of thiazole rings is 1. The van der Waals surface area contributed by atoms with Crippen LogP contribution in [0.3, 0.4) is 0 Å². The van der Waals surface area contributed by atoms with Gasteiger partial charge in [-0.2, -0.15) is 0 Å². The number of hydrogen-bond donors (Lipinski definition) is 1. The van der Waals surface area contributed by atoms with Crippen LogP contribution in [0.4, 0.5) is 13.9 Å². The van der Waals surface area contributed by atoms with Crippen LogP contribution in [-0.4, -0.2) is 16.6 Å². The van der Waals surface area contributed by atoms with Crippen molar-refractivity contribution < 1.29 is 18.3 Å². The molecule has 1 aromatic carbocycles. The fourth-order valence-corrected chi connectivity index (χ4v) is 3.95. The van der Waals surface area contributed by atoms with Crippen LogP contribution in [0.1, 0.15) is 26.3 Å². The van der Waals surface area contributed by atoms with E-state index in [1.54, 1.807) is 6.20 Å². The van der Waals surface area contributed by atoms with E-state index in [0.717, 1.165) is 22.1 Å². The van der Waals surface area contributed by atoms with Gasteiger partial charge in [0, 0.05) is 12.0 Å². The van der Waals surface area contributed by atoms with Crippen molar-refractivity contribution in [1.82, 2.24) is 4.98 Å². The third-order valence-electron chi connectivity index (χ3n) is 3.59. The smallest absolute Gasteiger partial charge is 0.230 e. The zero-order valence-corrected chi connectivity index (χ0v) is 17.6. The Bertz CT molecular complexity index is 879. The van der Waals surface area contributed by atoms with Crippen molar-refractivity contribution in [2.45, 2.75) is 31.4 Å². The van der Waals surface area contributed by atoms with Gasteiger partial charge in [-0.25, -0.2) is 13.8 Å². The molecule has 0 atom stereocenters. The maximum atomic E-state index is 13.6. The molecule has 0 saturated heterocycles. The number of allylic oxidation sites excluding steroid dienone is 2. The van der Waals surface area contributed by atoms with Crippen molar-refractivity contribution in [2.24, 2.45) is 5.92 Å². The molecule has 28 heavy (non-hydrogen) atoms. The number of amides is 1. The minimum Gasteiger partial charge on any atom is -0.466 e. The molecule has 0 radical (unpaired) electrons. The normalized spacial score (nSPS) is 11.6. The van der Waals surface area contributed by atoms with Gasteiger partial charge in [0.05, 0.1) is 22.6 Å². The molecule has 0 saturated carbocycles. The quantitative estimate of drug-likeness (QED) is 0.409. The van der Waals surface area contributed by atoms with E-state index in [4.69, 9.17) is 4.74 Å². The molecule has 0 aliphatic carbocycles. The summed E-state index contributed by atoms with van der Waals surface area (Å²) >= 11 is 2.81. The van der Waals surface area contributed by atoms with Gasteiger partial charge in [-0.15, -0.1) is 11.8 Å². The Morgan fingerprint density at radius 3 is 2.82 bits per heavy atom. The summed E-state index contributed by atoms with van der Waals surface area (Å²) in [6.45, 7) is 9.94. The van der Waals surface area contributed by atoms with Gasteiger partial charge < -0.3 is 10.1 Å². The highest BCUT2D eigenvalue weighted by Gasteiger charge is 2.12. The number of nitrogens with zero attached hydrogens (tertiary/aromatic N) is 1. The Kier molecular flexibility index (Phi) is 8.19. The molecule has 2 aromatic rings. The Labute approximate surface area is 171 Å². The first kappa shape index (κ1) is 22.1. The van der Waals surface area contributed by atoms with E-state index in [-0.39, 0.29) is 17.9 Å². The van der Waals surface area contributed by atoms with Gasteiger partial charge in [-0.3, -0.25) is 4.79 Å². The van der Waals surface area contributed by atoms with E-state index in [1.807, 2.05) is 26.8 Å². The summed E-state index contributed by atoms with van der Waals surface area (Å²) in [4.78, 5) is 16.2. The molecule has 1 heterocycles. The number of nitrogens with one attached hydrogen (secondary N) is 1. The largest absolute Gasteiger partial charge is 0.466 e. The highest BCUT2D eigenvalue weighted by atomic mass is 32.2. The van der Waals surface area contributed by atoms with Crippen molar-refractivity contribution in [1.29, 1.82) is 0 Å². The number of ether oxygens (including phenoxy) is 1. The van der Waals surface area contributed by atoms with E-state index < -0.39 is 17.5 Å². The zero-order chi connectivity index (χ0) is 20.7. The van der Waals surface area contributed by atoms with Gasteiger partial charge in [-0.05, 0) is 24.6 Å². The first-order chi connectivity index (χ1) is 13.3. The van der Waals surface area contributed by atoms with Crippen LogP contribution in [0, 0.1) is 17.6 Å². The van der Waals surface area contributed by atoms with Crippen molar-refractivity contribution >= 4 is 34.1 Å². The van der Waals surface area contributed by atoms with Crippen LogP contribution in [0.25, 0.3) is 0 Å². The van der Waals surface area contributed by atoms with Crippen LogP contribution in [0.15, 0.2) is 52.8 Å². The van der Waals surface area contributed by atoms with Gasteiger partial charge in [-0.1, -0.05) is 37.8 Å². The average Bonchev–Trinajstić information content (AvgIpc) is 3.07. The second-order valence-corrected chi connectivity index (χ2v) is 8.53. The summed E-state index contributed by atoms with van der Waals surface area (Å²) < 4.78 is 33.2. The third-order valence-corrected chi connectivity index (χ3v) is 5.76. The molecular weight excluding hydrogens is 402 g/mol. The lowest BCUT2D eigenvalue weighted by molar-refractivity contribution is -0.115. The Hall–Kier alpha value is -2.19. The number of hydrogen-bond acceptors (Lipinski definition) is 5. The summed E-state index contributed by atoms with van der Waals surface area (Å²) in [7, 11) is 0. The van der Waals surface area contributed by atoms with Gasteiger partial charge in [0.2, 0.25) is 5.91 Å². The van der Waals surface area contributed by atoms with E-state index in [2.05, 4.69) is 16.9 Å². The van der Waals surface area contributed by atoms with Gasteiger partial charge in [0.25, 0.3) is 0 Å². The number of benzene rings is 1. The summed E-state index contributed by atoms with van der Waals surface area (Å²) in [5, 5.41) is 3.04. The first-order valence-corrected chi connectivity index (χ1v) is 10.4. The molecule has 8 heteroatoms. The lowest BCUT2D eigenvalue weighted by Crippen LogP contribution is -2.15. The van der Waals surface area contributed by atoms with Gasteiger partial charge in [0.1, 0.15) is 23.2 Å². The van der Waals surface area contributed by atoms with Crippen LogP contribution < -0.4 is 5.32 Å². The molecule has 0 fully saturated rings. The fourth-order valence-electron chi connectivity index (χ4n) is 2.24. The number of thioether (sulfide) groups is 1. The van der Waals surface area contributed by atoms with Crippen LogP contribution in [0.5, 0.6) is 0 Å². The highest BCUT2D eigenvalue weighted by molar-refractivity contribution is 8.01. The molecule has 0 bridgehead atoms. The summed E-state index contributed by atoms with van der Waals surface area (Å²) in [5.74, 6) is 0.505. The van der Waals surface area contributed by atoms with E-state index in [1.165, 1.54) is 29.2 Å². The Morgan fingerprint density at radius 2 is 2.18 bits per heavy atom. The van der Waals surface area contributed by atoms with Crippen molar-refractivity contribution in [2.75, 3.05) is 11.1 Å². The molecule has 1 N–H and O–H groups in total. The second-order valence-electron chi connectivity index (χ2n) is 6.22. The molecule has 0 spiro atoms. The van der Waals surface area contributed by atoms with Crippen LogP contribution >= 0.6 is 23.1 Å². The average molecular weight is 425 g/mol. The number of aromatic nitrogens is 1. The molecule has 150 valence electrons. The zero-order valence-electron chi connectivity index (χ0n) is 15.9. The number of carbonyl (C=O) groups excluding carboxylic acids is 1. The SMILES string of the molecule is C=C(CSc1cnc(NC(=O)Cc2ccc(F)cc2F)s1)O/C(=C\C)C(C)C. The molecule has 2 rings (SSSR count). The van der Waals surface area contributed by atoms with Crippen molar-refractivity contribution in [3.05, 3.63) is 65.8 Å². The van der Waals surface area contributed by atoms with Gasteiger partial charge >= 0.3 is 0 Å². The Morgan fingerprint density at radius 1 is 1.43 bits per heavy atom. The monoisotopic (exact) mass is 424 g/mol. The fraction of sp³-hybridized carbons (Fsp3) is 0.300. The maximum absolute atomic E-state index is 13.6. The molecule has 0 aliphatic heterocycles. The lowest BCUT2D eigenvalue weighted by atomic mass is 10.1. The molecule has 0 aliphatic rings. The predicted octanol–water partition coefficient (Wildman–Crippen LogP) is 5.78. The van der Waals surface area contributed by atoms with E-state index in [0.29, 0.717) is 16.6 Å². The molecule has 0 unspecified atom stereocenters. The minimum atomic E-state index is -0.744. The molecular formula is C20H22F2N2O2S2. The number of halogens is 2. The second kappa shape index (κ2) is 10.4. The summed E-state index contributed by atoms with van der Waals surface area (Å²) in [5.41, 5.74) is 0.128. The first-order valence-electron chi connectivity index (χ1n) is 8.62. The number of carbonyl (C=O) groups is 1. The van der Waals surface area contributed by atoms with Crippen LogP contribution in [-0.2, 0) is 16.0 Å². The van der Waals surface area contributed by atoms with E-state index in [9.17, 15) is 13.6 Å². The minimum absolute atomic E-state index is 0.128. The number of anilines is 1. The maximum Gasteiger partial charge on any atom is 0.230 e. The third kappa shape index (κ3) is 6.76. The van der Waals surface area contributed by atoms with Gasteiger partial charge in [0.15, 0.2) is 5.13 Å². The summed E-state index contributed by atoms with van der Waals surface area (Å²) in [6, 6.07) is 3.14. The highest BCUT2D eigenvalue weighted by Crippen LogP contribution is 2.30. The lowest BCUT2D eigenvalue weighted by Gasteiger charge is -2.14. The predicted molar refractivity (Wildman–Crippen MR) is 110 cm³/mol.